The van der Waals surface area contributed by atoms with E-state index in [-0.39, 0.29) is 17.2 Å². The second-order valence-corrected chi connectivity index (χ2v) is 3.76. The zero-order valence-corrected chi connectivity index (χ0v) is 9.54. The molecule has 0 spiro atoms. The van der Waals surface area contributed by atoms with E-state index < -0.39 is 5.82 Å². The highest BCUT2D eigenvalue weighted by Crippen LogP contribution is 2.19. The van der Waals surface area contributed by atoms with Crippen molar-refractivity contribution >= 4 is 11.6 Å². The predicted octanol–water partition coefficient (Wildman–Crippen LogP) is 2.24. The number of carbonyl (C=O) groups excluding carboxylic acids is 1. The van der Waals surface area contributed by atoms with Crippen molar-refractivity contribution in [2.45, 2.75) is 0 Å². The summed E-state index contributed by atoms with van der Waals surface area (Å²) in [6.45, 7) is 1.83. The summed E-state index contributed by atoms with van der Waals surface area (Å²) in [7, 11) is 0. The Hall–Kier alpha value is -2.11. The maximum absolute atomic E-state index is 13.7. The molecule has 0 aromatic heterocycles. The molecule has 18 heavy (non-hydrogen) atoms. The molecular formula is C11H11FN4O2. The number of morpholine rings is 1. The Kier molecular flexibility index (Phi) is 3.76. The summed E-state index contributed by atoms with van der Waals surface area (Å²) in [6, 6.07) is 3.79. The first-order chi connectivity index (χ1) is 8.72. The van der Waals surface area contributed by atoms with Crippen LogP contribution in [-0.4, -0.2) is 37.1 Å². The van der Waals surface area contributed by atoms with E-state index in [0.717, 1.165) is 6.07 Å². The molecule has 0 saturated carbocycles. The lowest BCUT2D eigenvalue weighted by atomic mass is 10.1. The molecule has 7 heteroatoms. The molecule has 0 radical (unpaired) electrons. The van der Waals surface area contributed by atoms with Crippen LogP contribution >= 0.6 is 0 Å². The highest BCUT2D eigenvalue weighted by Gasteiger charge is 2.21. The maximum Gasteiger partial charge on any atom is 0.256 e. The fourth-order valence-corrected chi connectivity index (χ4v) is 1.73. The Morgan fingerprint density at radius 2 is 2.17 bits per heavy atom. The number of hydrogen-bond donors (Lipinski definition) is 0. The van der Waals surface area contributed by atoms with Gasteiger partial charge in [0.1, 0.15) is 5.82 Å². The van der Waals surface area contributed by atoms with Gasteiger partial charge in [-0.25, -0.2) is 4.39 Å². The molecule has 1 heterocycles. The number of benzene rings is 1. The Labute approximate surface area is 103 Å². The molecule has 1 aliphatic rings. The zero-order valence-electron chi connectivity index (χ0n) is 9.54. The topological polar surface area (TPSA) is 78.3 Å². The lowest BCUT2D eigenvalue weighted by Gasteiger charge is -2.27. The van der Waals surface area contributed by atoms with Gasteiger partial charge in [0.15, 0.2) is 0 Å². The Bertz CT molecular complexity index is 508. The van der Waals surface area contributed by atoms with Gasteiger partial charge in [-0.1, -0.05) is 11.2 Å². The summed E-state index contributed by atoms with van der Waals surface area (Å²) < 4.78 is 18.8. The summed E-state index contributed by atoms with van der Waals surface area (Å²) in [5.41, 5.74) is 8.37. The van der Waals surface area contributed by atoms with Gasteiger partial charge in [-0.3, -0.25) is 4.79 Å². The van der Waals surface area contributed by atoms with Crippen LogP contribution in [0, 0.1) is 5.82 Å². The van der Waals surface area contributed by atoms with Gasteiger partial charge in [-0.2, -0.15) is 0 Å². The summed E-state index contributed by atoms with van der Waals surface area (Å²) in [5.74, 6) is -1.06. The number of halogens is 1. The number of carbonyl (C=O) groups is 1. The van der Waals surface area contributed by atoms with E-state index in [1.807, 2.05) is 0 Å². The number of amides is 1. The minimum Gasteiger partial charge on any atom is -0.378 e. The van der Waals surface area contributed by atoms with Crippen LogP contribution in [-0.2, 0) is 4.74 Å². The first kappa shape index (κ1) is 12.3. The number of nitrogens with zero attached hydrogens (tertiary/aromatic N) is 4. The fourth-order valence-electron chi connectivity index (χ4n) is 1.73. The van der Waals surface area contributed by atoms with E-state index in [1.165, 1.54) is 17.0 Å². The third-order valence-corrected chi connectivity index (χ3v) is 2.64. The third kappa shape index (κ3) is 2.58. The van der Waals surface area contributed by atoms with Crippen LogP contribution in [0.2, 0.25) is 0 Å². The second kappa shape index (κ2) is 5.48. The van der Waals surface area contributed by atoms with Crippen molar-refractivity contribution in [2.75, 3.05) is 26.3 Å². The van der Waals surface area contributed by atoms with Crippen LogP contribution in [0.15, 0.2) is 23.3 Å². The van der Waals surface area contributed by atoms with Crippen molar-refractivity contribution in [3.8, 4) is 0 Å². The summed E-state index contributed by atoms with van der Waals surface area (Å²) in [4.78, 5) is 16.1. The molecule has 0 unspecified atom stereocenters. The van der Waals surface area contributed by atoms with Gasteiger partial charge < -0.3 is 9.64 Å². The minimum atomic E-state index is -0.684. The molecule has 1 saturated heterocycles. The molecule has 2 rings (SSSR count). The molecule has 0 N–H and O–H groups in total. The van der Waals surface area contributed by atoms with Gasteiger partial charge in [-0.05, 0) is 17.7 Å². The van der Waals surface area contributed by atoms with Crippen LogP contribution in [0.1, 0.15) is 10.4 Å². The molecule has 94 valence electrons. The van der Waals surface area contributed by atoms with Crippen molar-refractivity contribution in [2.24, 2.45) is 5.11 Å². The lowest BCUT2D eigenvalue weighted by Crippen LogP contribution is -2.41. The molecular weight excluding hydrogens is 239 g/mol. The van der Waals surface area contributed by atoms with Crippen molar-refractivity contribution in [1.82, 2.24) is 4.90 Å². The van der Waals surface area contributed by atoms with Gasteiger partial charge in [-0.15, -0.1) is 0 Å². The van der Waals surface area contributed by atoms with Crippen molar-refractivity contribution < 1.29 is 13.9 Å². The van der Waals surface area contributed by atoms with Crippen molar-refractivity contribution in [3.05, 3.63) is 40.0 Å². The normalized spacial score (nSPS) is 15.1. The number of hydrogen-bond acceptors (Lipinski definition) is 3. The van der Waals surface area contributed by atoms with Crippen LogP contribution in [0.4, 0.5) is 10.1 Å². The fraction of sp³-hybridized carbons (Fsp3) is 0.364. The third-order valence-electron chi connectivity index (χ3n) is 2.64. The van der Waals surface area contributed by atoms with E-state index in [0.29, 0.717) is 26.3 Å². The average molecular weight is 250 g/mol. The van der Waals surface area contributed by atoms with Gasteiger partial charge in [0.2, 0.25) is 0 Å². The molecule has 0 aliphatic carbocycles. The summed E-state index contributed by atoms with van der Waals surface area (Å²) in [5, 5.41) is 3.28. The highest BCUT2D eigenvalue weighted by molar-refractivity contribution is 5.94. The van der Waals surface area contributed by atoms with E-state index >= 15 is 0 Å². The summed E-state index contributed by atoms with van der Waals surface area (Å²) >= 11 is 0. The van der Waals surface area contributed by atoms with Crippen molar-refractivity contribution in [1.29, 1.82) is 0 Å². The number of ether oxygens (including phenoxy) is 1. The Balaban J connectivity index is 2.22. The molecule has 1 amide bonds. The van der Waals surface area contributed by atoms with Crippen LogP contribution in [0.25, 0.3) is 10.4 Å². The smallest absolute Gasteiger partial charge is 0.256 e. The largest absolute Gasteiger partial charge is 0.378 e. The minimum absolute atomic E-state index is 0.0196. The van der Waals surface area contributed by atoms with Crippen LogP contribution in [0.3, 0.4) is 0 Å². The standard InChI is InChI=1S/C11H11FN4O2/c12-10-7-8(14-15-13)1-2-9(10)11(17)16-3-5-18-6-4-16/h1-2,7H,3-6H2. The second-order valence-electron chi connectivity index (χ2n) is 3.76. The van der Waals surface area contributed by atoms with E-state index in [1.54, 1.807) is 0 Å². The number of azide groups is 1. The molecule has 0 bridgehead atoms. The lowest BCUT2D eigenvalue weighted by molar-refractivity contribution is 0.0300. The van der Waals surface area contributed by atoms with Crippen LogP contribution in [0.5, 0.6) is 0 Å². The van der Waals surface area contributed by atoms with E-state index in [2.05, 4.69) is 10.0 Å². The Morgan fingerprint density at radius 1 is 1.44 bits per heavy atom. The predicted molar refractivity (Wildman–Crippen MR) is 61.9 cm³/mol. The Morgan fingerprint density at radius 3 is 2.78 bits per heavy atom. The molecule has 0 atom stereocenters. The molecule has 6 nitrogen and oxygen atoms in total. The quantitative estimate of drug-likeness (QED) is 0.458. The van der Waals surface area contributed by atoms with Gasteiger partial charge in [0.05, 0.1) is 18.8 Å². The van der Waals surface area contributed by atoms with Gasteiger partial charge in [0.25, 0.3) is 5.91 Å². The summed E-state index contributed by atoms with van der Waals surface area (Å²) in [6.07, 6.45) is 0. The molecule has 1 aromatic rings. The average Bonchev–Trinajstić information content (AvgIpc) is 2.40. The maximum atomic E-state index is 13.7. The zero-order chi connectivity index (χ0) is 13.0. The van der Waals surface area contributed by atoms with Crippen LogP contribution < -0.4 is 0 Å². The molecule has 1 aromatic carbocycles. The van der Waals surface area contributed by atoms with Crippen molar-refractivity contribution in [3.63, 3.8) is 0 Å². The van der Waals surface area contributed by atoms with E-state index in [9.17, 15) is 9.18 Å². The first-order valence-corrected chi connectivity index (χ1v) is 5.44. The first-order valence-electron chi connectivity index (χ1n) is 5.44. The monoisotopic (exact) mass is 250 g/mol. The molecule has 1 aliphatic heterocycles. The highest BCUT2D eigenvalue weighted by atomic mass is 19.1. The van der Waals surface area contributed by atoms with E-state index in [4.69, 9.17) is 10.3 Å². The SMILES string of the molecule is [N-]=[N+]=Nc1ccc(C(=O)N2CCOCC2)c(F)c1. The van der Waals surface area contributed by atoms with Gasteiger partial charge in [0, 0.05) is 23.7 Å². The molecule has 1 fully saturated rings. The van der Waals surface area contributed by atoms with Gasteiger partial charge >= 0.3 is 0 Å². The number of rotatable bonds is 2.